The van der Waals surface area contributed by atoms with Gasteiger partial charge in [-0.15, -0.1) is 0 Å². The van der Waals surface area contributed by atoms with E-state index in [1.165, 1.54) is 4.90 Å². The summed E-state index contributed by atoms with van der Waals surface area (Å²) in [5.74, 6) is -2.32. The Kier molecular flexibility index (Phi) is 7.04. The molecule has 5 rings (SSSR count). The van der Waals surface area contributed by atoms with E-state index in [9.17, 15) is 19.5 Å². The second-order valence-corrected chi connectivity index (χ2v) is 10.2. The number of β-amino-alcohol motifs (C(OH)–C–C–N with tert-alkyl or cyclic N) is 1. The van der Waals surface area contributed by atoms with Crippen LogP contribution in [0.4, 0.5) is 5.69 Å². The van der Waals surface area contributed by atoms with Gasteiger partial charge >= 0.3 is 0 Å². The van der Waals surface area contributed by atoms with Crippen LogP contribution >= 0.6 is 0 Å². The Labute approximate surface area is 211 Å². The molecule has 10 heteroatoms. The largest absolute Gasteiger partial charge is 0.395 e. The van der Waals surface area contributed by atoms with Crippen molar-refractivity contribution in [3.05, 3.63) is 30.3 Å². The zero-order valence-electron chi connectivity index (χ0n) is 20.8. The van der Waals surface area contributed by atoms with Crippen LogP contribution in [0.5, 0.6) is 0 Å². The van der Waals surface area contributed by atoms with Gasteiger partial charge in [0.2, 0.25) is 17.7 Å². The maximum absolute atomic E-state index is 13.8. The van der Waals surface area contributed by atoms with E-state index in [1.807, 2.05) is 25.1 Å². The Bertz CT molecular complexity index is 986. The molecule has 1 aromatic carbocycles. The van der Waals surface area contributed by atoms with E-state index in [2.05, 4.69) is 15.5 Å². The van der Waals surface area contributed by atoms with Gasteiger partial charge in [-0.2, -0.15) is 0 Å². The highest BCUT2D eigenvalue weighted by Gasteiger charge is 2.78. The van der Waals surface area contributed by atoms with Crippen molar-refractivity contribution >= 4 is 23.4 Å². The van der Waals surface area contributed by atoms with Crippen LogP contribution in [0.3, 0.4) is 0 Å². The normalized spacial score (nSPS) is 33.6. The summed E-state index contributed by atoms with van der Waals surface area (Å²) >= 11 is 0. The summed E-state index contributed by atoms with van der Waals surface area (Å²) in [7, 11) is 0. The first kappa shape index (κ1) is 25.1. The van der Waals surface area contributed by atoms with Crippen LogP contribution in [-0.2, 0) is 23.9 Å². The Balaban J connectivity index is 1.39. The first-order valence-corrected chi connectivity index (χ1v) is 13.0. The minimum Gasteiger partial charge on any atom is -0.395 e. The molecule has 2 unspecified atom stereocenters. The SMILES string of the molecule is CC[C@]12CCC3(O1)C(C(=O)NCCN1CCOCC1)N(CCO)C(=O)[C@@H]3[C@H]2C(=O)Nc1ccccc1. The molecule has 10 nitrogen and oxygen atoms in total. The molecule has 3 amide bonds. The molecular formula is C26H36N4O6. The Hall–Kier alpha value is -2.53. The molecule has 0 radical (unpaired) electrons. The van der Waals surface area contributed by atoms with Gasteiger partial charge in [0.15, 0.2) is 0 Å². The van der Waals surface area contributed by atoms with Gasteiger partial charge in [-0.1, -0.05) is 25.1 Å². The van der Waals surface area contributed by atoms with Crippen molar-refractivity contribution in [2.45, 2.75) is 43.4 Å². The summed E-state index contributed by atoms with van der Waals surface area (Å²) < 4.78 is 12.1. The number of rotatable bonds is 9. The van der Waals surface area contributed by atoms with Crippen molar-refractivity contribution < 1.29 is 29.0 Å². The summed E-state index contributed by atoms with van der Waals surface area (Å²) in [6.07, 6.45) is 1.69. The average molecular weight is 501 g/mol. The summed E-state index contributed by atoms with van der Waals surface area (Å²) in [6, 6.07) is 8.28. The number of anilines is 1. The molecule has 0 aromatic heterocycles. The lowest BCUT2D eigenvalue weighted by molar-refractivity contribution is -0.146. The van der Waals surface area contributed by atoms with Crippen LogP contribution in [0.15, 0.2) is 30.3 Å². The molecule has 36 heavy (non-hydrogen) atoms. The third kappa shape index (κ3) is 4.09. The molecule has 0 saturated carbocycles. The van der Waals surface area contributed by atoms with Gasteiger partial charge < -0.3 is 30.1 Å². The molecule has 4 aliphatic heterocycles. The molecule has 4 saturated heterocycles. The lowest BCUT2D eigenvalue weighted by Gasteiger charge is -2.34. The molecule has 4 fully saturated rings. The van der Waals surface area contributed by atoms with Gasteiger partial charge in [0.1, 0.15) is 11.6 Å². The highest BCUT2D eigenvalue weighted by atomic mass is 16.5. The van der Waals surface area contributed by atoms with Crippen LogP contribution in [0.2, 0.25) is 0 Å². The zero-order valence-corrected chi connectivity index (χ0v) is 20.8. The predicted molar refractivity (Wildman–Crippen MR) is 131 cm³/mol. The van der Waals surface area contributed by atoms with Crippen LogP contribution < -0.4 is 10.6 Å². The monoisotopic (exact) mass is 500 g/mol. The number of hydrogen-bond acceptors (Lipinski definition) is 7. The topological polar surface area (TPSA) is 120 Å². The van der Waals surface area contributed by atoms with Gasteiger partial charge in [-0.3, -0.25) is 19.3 Å². The maximum atomic E-state index is 13.8. The Morgan fingerprint density at radius 2 is 1.86 bits per heavy atom. The van der Waals surface area contributed by atoms with Crippen molar-refractivity contribution in [1.29, 1.82) is 0 Å². The molecule has 1 aromatic rings. The fourth-order valence-electron chi connectivity index (χ4n) is 6.76. The van der Waals surface area contributed by atoms with E-state index in [0.29, 0.717) is 51.3 Å². The van der Waals surface area contributed by atoms with Gasteiger partial charge in [0, 0.05) is 38.4 Å². The lowest BCUT2D eigenvalue weighted by atomic mass is 9.65. The molecule has 4 aliphatic rings. The van der Waals surface area contributed by atoms with E-state index in [4.69, 9.17) is 9.47 Å². The van der Waals surface area contributed by atoms with Crippen LogP contribution in [0.25, 0.3) is 0 Å². The van der Waals surface area contributed by atoms with Crippen molar-refractivity contribution in [3.63, 3.8) is 0 Å². The van der Waals surface area contributed by atoms with Crippen molar-refractivity contribution in [3.8, 4) is 0 Å². The summed E-state index contributed by atoms with van der Waals surface area (Å²) in [5.41, 5.74) is -1.22. The fourth-order valence-corrected chi connectivity index (χ4v) is 6.76. The van der Waals surface area contributed by atoms with Gasteiger partial charge in [0.25, 0.3) is 0 Å². The number of morpholine rings is 1. The summed E-state index contributed by atoms with van der Waals surface area (Å²) in [5, 5.41) is 15.7. The molecule has 196 valence electrons. The number of nitrogens with one attached hydrogen (secondary N) is 2. The quantitative estimate of drug-likeness (QED) is 0.444. The number of carbonyl (C=O) groups is 3. The van der Waals surface area contributed by atoms with Gasteiger partial charge in [0.05, 0.1) is 37.3 Å². The third-order valence-corrected chi connectivity index (χ3v) is 8.42. The van der Waals surface area contributed by atoms with Gasteiger partial charge in [-0.25, -0.2) is 0 Å². The maximum Gasteiger partial charge on any atom is 0.245 e. The number of nitrogens with zero attached hydrogens (tertiary/aromatic N) is 2. The number of fused-ring (bicyclic) bond motifs is 1. The molecule has 2 bridgehead atoms. The van der Waals surface area contributed by atoms with Crippen molar-refractivity contribution in [2.75, 3.05) is 57.9 Å². The van der Waals surface area contributed by atoms with Crippen LogP contribution in [0, 0.1) is 11.8 Å². The number of para-hydroxylation sites is 1. The summed E-state index contributed by atoms with van der Waals surface area (Å²) in [6.45, 7) is 5.85. The summed E-state index contributed by atoms with van der Waals surface area (Å²) in [4.78, 5) is 44.6. The number of amides is 3. The van der Waals surface area contributed by atoms with E-state index in [0.717, 1.165) is 13.1 Å². The molecule has 3 N–H and O–H groups in total. The lowest BCUT2D eigenvalue weighted by Crippen LogP contribution is -2.56. The number of ether oxygens (including phenoxy) is 2. The van der Waals surface area contributed by atoms with E-state index in [1.54, 1.807) is 12.1 Å². The molecule has 0 aliphatic carbocycles. The molecule has 1 spiro atoms. The minimum absolute atomic E-state index is 0.0220. The zero-order chi connectivity index (χ0) is 25.3. The number of carbonyl (C=O) groups excluding carboxylic acids is 3. The third-order valence-electron chi connectivity index (χ3n) is 8.42. The molecular weight excluding hydrogens is 464 g/mol. The van der Waals surface area contributed by atoms with Gasteiger partial charge in [-0.05, 0) is 31.4 Å². The predicted octanol–water partition coefficient (Wildman–Crippen LogP) is 0.221. The Morgan fingerprint density at radius 3 is 2.56 bits per heavy atom. The fraction of sp³-hybridized carbons (Fsp3) is 0.654. The second-order valence-electron chi connectivity index (χ2n) is 10.2. The first-order valence-electron chi connectivity index (χ1n) is 13.0. The number of aliphatic hydroxyl groups excluding tert-OH is 1. The standard InChI is InChI=1S/C26H36N4O6/c1-2-25-8-9-26(36-25)20(19(25)22(32)28-18-6-4-3-5-7-18)24(34)30(12-15-31)21(26)23(33)27-10-11-29-13-16-35-17-14-29/h3-7,19-21,31H,2,8-17H2,1H3,(H,27,33)(H,28,32)/t19-,20-,21?,25+,26?/m0/s1. The average Bonchev–Trinajstić information content (AvgIpc) is 3.49. The minimum atomic E-state index is -1.08. The number of hydrogen-bond donors (Lipinski definition) is 3. The highest BCUT2D eigenvalue weighted by molar-refractivity contribution is 6.02. The smallest absolute Gasteiger partial charge is 0.245 e. The second kappa shape index (κ2) is 10.1. The van der Waals surface area contributed by atoms with Crippen LogP contribution in [-0.4, -0.2) is 102 Å². The van der Waals surface area contributed by atoms with Crippen LogP contribution in [0.1, 0.15) is 26.2 Å². The highest BCUT2D eigenvalue weighted by Crippen LogP contribution is 2.64. The number of benzene rings is 1. The van der Waals surface area contributed by atoms with E-state index < -0.39 is 29.1 Å². The number of aliphatic hydroxyl groups is 1. The van der Waals surface area contributed by atoms with Crippen molar-refractivity contribution in [2.24, 2.45) is 11.8 Å². The van der Waals surface area contributed by atoms with E-state index in [-0.39, 0.29) is 30.9 Å². The number of likely N-dealkylation sites (tertiary alicyclic amines) is 1. The first-order chi connectivity index (χ1) is 17.5. The molecule has 5 atom stereocenters. The van der Waals surface area contributed by atoms with Crippen molar-refractivity contribution in [1.82, 2.24) is 15.1 Å². The van der Waals surface area contributed by atoms with E-state index >= 15 is 0 Å². The molecule has 4 heterocycles. The Morgan fingerprint density at radius 1 is 1.11 bits per heavy atom.